The summed E-state index contributed by atoms with van der Waals surface area (Å²) in [6.07, 6.45) is 2.36. The second kappa shape index (κ2) is 5.21. The van der Waals surface area contributed by atoms with Crippen LogP contribution in [0, 0.1) is 0 Å². The Morgan fingerprint density at radius 1 is 1.10 bits per heavy atom. The molecule has 2 aromatic carbocycles. The molecule has 0 aliphatic carbocycles. The Balaban J connectivity index is 2.14. The average Bonchev–Trinajstić information content (AvgIpc) is 2.51. The van der Waals surface area contributed by atoms with Crippen molar-refractivity contribution in [2.24, 2.45) is 0 Å². The van der Waals surface area contributed by atoms with Crippen LogP contribution >= 0.6 is 0 Å². The van der Waals surface area contributed by atoms with Gasteiger partial charge >= 0.3 is 0 Å². The fourth-order valence-corrected chi connectivity index (χ4v) is 2.35. The van der Waals surface area contributed by atoms with Crippen LogP contribution in [0.25, 0.3) is 10.8 Å². The Hall–Kier alpha value is -2.55. The van der Waals surface area contributed by atoms with Crippen LogP contribution in [0.1, 0.15) is 11.3 Å². The molecule has 3 rings (SSSR count). The molecule has 1 heterocycles. The second-order valence-electron chi connectivity index (χ2n) is 4.65. The summed E-state index contributed by atoms with van der Waals surface area (Å²) in [7, 11) is 1.64. The number of aromatic nitrogens is 1. The third-order valence-electron chi connectivity index (χ3n) is 3.40. The fraction of sp³-hybridized carbons (Fsp3) is 0.118. The summed E-state index contributed by atoms with van der Waals surface area (Å²) in [5.74, 6) is 1.07. The minimum Gasteiger partial charge on any atom is -0.508 e. The quantitative estimate of drug-likeness (QED) is 0.787. The van der Waals surface area contributed by atoms with E-state index >= 15 is 0 Å². The Kier molecular flexibility index (Phi) is 3.25. The highest BCUT2D eigenvalue weighted by Gasteiger charge is 2.09. The van der Waals surface area contributed by atoms with Crippen LogP contribution in [0.2, 0.25) is 0 Å². The zero-order valence-electron chi connectivity index (χ0n) is 11.2. The molecule has 0 aliphatic heterocycles. The van der Waals surface area contributed by atoms with Gasteiger partial charge in [0.15, 0.2) is 0 Å². The Morgan fingerprint density at radius 3 is 2.70 bits per heavy atom. The number of phenols is 1. The molecule has 0 saturated carbocycles. The fourth-order valence-electron chi connectivity index (χ4n) is 2.35. The topological polar surface area (TPSA) is 42.4 Å². The lowest BCUT2D eigenvalue weighted by Crippen LogP contribution is -1.94. The van der Waals surface area contributed by atoms with E-state index in [9.17, 15) is 5.11 Å². The highest BCUT2D eigenvalue weighted by Crippen LogP contribution is 2.31. The minimum absolute atomic E-state index is 0.288. The molecule has 0 bridgehead atoms. The molecule has 0 radical (unpaired) electrons. The van der Waals surface area contributed by atoms with Crippen molar-refractivity contribution in [1.29, 1.82) is 0 Å². The smallest absolute Gasteiger partial charge is 0.119 e. The Morgan fingerprint density at radius 2 is 1.95 bits per heavy atom. The van der Waals surface area contributed by atoms with Crippen molar-refractivity contribution in [3.8, 4) is 11.5 Å². The Labute approximate surface area is 117 Å². The van der Waals surface area contributed by atoms with E-state index in [1.54, 1.807) is 19.4 Å². The zero-order chi connectivity index (χ0) is 13.9. The number of methoxy groups -OCH3 is 1. The SMILES string of the molecule is COc1ccc2ccc(O)c(Cc3ccccn3)c2c1. The molecule has 3 heteroatoms. The first kappa shape index (κ1) is 12.5. The summed E-state index contributed by atoms with van der Waals surface area (Å²) in [4.78, 5) is 4.32. The summed E-state index contributed by atoms with van der Waals surface area (Å²) in [6.45, 7) is 0. The van der Waals surface area contributed by atoms with Crippen LogP contribution < -0.4 is 4.74 Å². The van der Waals surface area contributed by atoms with E-state index in [4.69, 9.17) is 4.74 Å². The van der Waals surface area contributed by atoms with Crippen LogP contribution in [-0.4, -0.2) is 17.2 Å². The van der Waals surface area contributed by atoms with Gasteiger partial charge in [0.2, 0.25) is 0 Å². The molecule has 0 saturated heterocycles. The second-order valence-corrected chi connectivity index (χ2v) is 4.65. The highest BCUT2D eigenvalue weighted by atomic mass is 16.5. The van der Waals surface area contributed by atoms with Crippen LogP contribution in [0.15, 0.2) is 54.7 Å². The predicted octanol–water partition coefficient (Wildman–Crippen LogP) is 3.54. The number of fused-ring (bicyclic) bond motifs is 1. The number of hydrogen-bond acceptors (Lipinski definition) is 3. The standard InChI is InChI=1S/C17H15NO2/c1-20-14-7-5-12-6-8-17(19)16(15(12)11-14)10-13-4-2-3-9-18-13/h2-9,11,19H,10H2,1H3. The lowest BCUT2D eigenvalue weighted by atomic mass is 9.99. The molecule has 0 atom stereocenters. The highest BCUT2D eigenvalue weighted by molar-refractivity contribution is 5.89. The van der Waals surface area contributed by atoms with Gasteiger partial charge in [-0.25, -0.2) is 0 Å². The molecule has 0 fully saturated rings. The van der Waals surface area contributed by atoms with Gasteiger partial charge in [0.05, 0.1) is 7.11 Å². The van der Waals surface area contributed by atoms with E-state index in [1.165, 1.54) is 0 Å². The van der Waals surface area contributed by atoms with E-state index in [0.29, 0.717) is 6.42 Å². The molecule has 0 spiro atoms. The maximum Gasteiger partial charge on any atom is 0.119 e. The molecule has 3 aromatic rings. The lowest BCUT2D eigenvalue weighted by molar-refractivity contribution is 0.415. The van der Waals surface area contributed by atoms with Crippen LogP contribution in [0.5, 0.6) is 11.5 Å². The first-order valence-corrected chi connectivity index (χ1v) is 6.46. The monoisotopic (exact) mass is 265 g/mol. The summed E-state index contributed by atoms with van der Waals surface area (Å²) in [5.41, 5.74) is 1.80. The Bertz CT molecular complexity index is 739. The number of ether oxygens (including phenoxy) is 1. The zero-order valence-corrected chi connectivity index (χ0v) is 11.2. The van der Waals surface area contributed by atoms with Gasteiger partial charge in [-0.3, -0.25) is 4.98 Å². The van der Waals surface area contributed by atoms with Crippen molar-refractivity contribution in [3.63, 3.8) is 0 Å². The van der Waals surface area contributed by atoms with Crippen molar-refractivity contribution >= 4 is 10.8 Å². The maximum absolute atomic E-state index is 10.2. The molecule has 0 unspecified atom stereocenters. The molecule has 3 nitrogen and oxygen atoms in total. The molecular formula is C17H15NO2. The number of nitrogens with zero attached hydrogens (tertiary/aromatic N) is 1. The van der Waals surface area contributed by atoms with E-state index < -0.39 is 0 Å². The van der Waals surface area contributed by atoms with Gasteiger partial charge in [-0.1, -0.05) is 18.2 Å². The number of hydrogen-bond donors (Lipinski definition) is 1. The van der Waals surface area contributed by atoms with Crippen LogP contribution in [0.3, 0.4) is 0 Å². The number of phenolic OH excluding ortho intramolecular Hbond substituents is 1. The first-order valence-electron chi connectivity index (χ1n) is 6.46. The maximum atomic E-state index is 10.2. The van der Waals surface area contributed by atoms with Crippen molar-refractivity contribution in [1.82, 2.24) is 4.98 Å². The first-order chi connectivity index (χ1) is 9.78. The van der Waals surface area contributed by atoms with Crippen molar-refractivity contribution < 1.29 is 9.84 Å². The van der Waals surface area contributed by atoms with Gasteiger partial charge < -0.3 is 9.84 Å². The van der Waals surface area contributed by atoms with E-state index in [0.717, 1.165) is 27.8 Å². The van der Waals surface area contributed by atoms with Gasteiger partial charge in [0.25, 0.3) is 0 Å². The molecule has 1 aromatic heterocycles. The summed E-state index contributed by atoms with van der Waals surface area (Å²) >= 11 is 0. The van der Waals surface area contributed by atoms with Gasteiger partial charge in [-0.05, 0) is 41.1 Å². The molecule has 0 amide bonds. The van der Waals surface area contributed by atoms with Crippen molar-refractivity contribution in [3.05, 3.63) is 66.0 Å². The van der Waals surface area contributed by atoms with E-state index in [1.807, 2.05) is 42.5 Å². The number of pyridine rings is 1. The van der Waals surface area contributed by atoms with Crippen LogP contribution in [0.4, 0.5) is 0 Å². The summed E-state index contributed by atoms with van der Waals surface area (Å²) in [5, 5.41) is 12.2. The van der Waals surface area contributed by atoms with Gasteiger partial charge in [-0.2, -0.15) is 0 Å². The van der Waals surface area contributed by atoms with Crippen LogP contribution in [-0.2, 0) is 6.42 Å². The summed E-state index contributed by atoms with van der Waals surface area (Å²) < 4.78 is 5.27. The summed E-state index contributed by atoms with van der Waals surface area (Å²) in [6, 6.07) is 15.3. The van der Waals surface area contributed by atoms with Gasteiger partial charge in [0, 0.05) is 23.9 Å². The van der Waals surface area contributed by atoms with Gasteiger partial charge in [0.1, 0.15) is 11.5 Å². The van der Waals surface area contributed by atoms with Crippen molar-refractivity contribution in [2.75, 3.05) is 7.11 Å². The minimum atomic E-state index is 0.288. The normalized spacial score (nSPS) is 10.7. The number of aromatic hydroxyl groups is 1. The molecule has 100 valence electrons. The van der Waals surface area contributed by atoms with Crippen molar-refractivity contribution in [2.45, 2.75) is 6.42 Å². The molecular weight excluding hydrogens is 250 g/mol. The molecule has 0 aliphatic rings. The average molecular weight is 265 g/mol. The third-order valence-corrected chi connectivity index (χ3v) is 3.40. The predicted molar refractivity (Wildman–Crippen MR) is 79.2 cm³/mol. The molecule has 20 heavy (non-hydrogen) atoms. The van der Waals surface area contributed by atoms with E-state index in [2.05, 4.69) is 4.98 Å². The number of rotatable bonds is 3. The molecule has 1 N–H and O–H groups in total. The largest absolute Gasteiger partial charge is 0.508 e. The third kappa shape index (κ3) is 2.30. The van der Waals surface area contributed by atoms with E-state index in [-0.39, 0.29) is 5.75 Å². The van der Waals surface area contributed by atoms with Gasteiger partial charge in [-0.15, -0.1) is 0 Å². The number of benzene rings is 2. The lowest BCUT2D eigenvalue weighted by Gasteiger charge is -2.10.